The van der Waals surface area contributed by atoms with Crippen LogP contribution in [0.25, 0.3) is 0 Å². The summed E-state index contributed by atoms with van der Waals surface area (Å²) in [5.41, 5.74) is 0.248. The third kappa shape index (κ3) is 3.24. The molecule has 1 aliphatic rings. The Morgan fingerprint density at radius 1 is 1.50 bits per heavy atom. The number of hydrogen-bond donors (Lipinski definition) is 2. The molecule has 2 N–H and O–H groups in total. The maximum Gasteiger partial charge on any atom is 0.311 e. The Morgan fingerprint density at radius 2 is 2.25 bits per heavy atom. The molecule has 0 radical (unpaired) electrons. The van der Waals surface area contributed by atoms with Gasteiger partial charge in [-0.05, 0) is 35.2 Å². The Morgan fingerprint density at radius 3 is 2.90 bits per heavy atom. The number of anilines is 1. The largest absolute Gasteiger partial charge is 0.481 e. The number of hydrogen-bond acceptors (Lipinski definition) is 5. The van der Waals surface area contributed by atoms with E-state index in [0.717, 1.165) is 12.8 Å². The average Bonchev–Trinajstić information content (AvgIpc) is 2.41. The molecule has 1 fully saturated rings. The van der Waals surface area contributed by atoms with Crippen molar-refractivity contribution in [2.24, 2.45) is 5.92 Å². The minimum Gasteiger partial charge on any atom is -0.481 e. The molecule has 8 heteroatoms. The SMILES string of the molecule is O=C(O)C1CCCC(Nc2c(Br)cncc2[N+](=O)[O-])C1. The summed E-state index contributed by atoms with van der Waals surface area (Å²) in [4.78, 5) is 25.3. The molecule has 1 aromatic rings. The van der Waals surface area contributed by atoms with Gasteiger partial charge in [0.05, 0.1) is 15.3 Å². The molecule has 1 saturated carbocycles. The Hall–Kier alpha value is -1.70. The first-order chi connectivity index (χ1) is 9.49. The monoisotopic (exact) mass is 343 g/mol. The molecule has 7 nitrogen and oxygen atoms in total. The summed E-state index contributed by atoms with van der Waals surface area (Å²) in [5, 5.41) is 23.2. The van der Waals surface area contributed by atoms with E-state index in [-0.39, 0.29) is 17.6 Å². The molecule has 0 aliphatic heterocycles. The number of aliphatic carboxylic acids is 1. The van der Waals surface area contributed by atoms with Gasteiger partial charge in [0.2, 0.25) is 0 Å². The number of nitrogens with one attached hydrogen (secondary N) is 1. The Balaban J connectivity index is 2.17. The van der Waals surface area contributed by atoms with Crippen LogP contribution >= 0.6 is 15.9 Å². The van der Waals surface area contributed by atoms with Crippen molar-refractivity contribution in [3.8, 4) is 0 Å². The van der Waals surface area contributed by atoms with Crippen LogP contribution in [-0.4, -0.2) is 27.0 Å². The van der Waals surface area contributed by atoms with Gasteiger partial charge in [0.1, 0.15) is 11.9 Å². The summed E-state index contributed by atoms with van der Waals surface area (Å²) >= 11 is 3.24. The van der Waals surface area contributed by atoms with Crippen LogP contribution in [0.3, 0.4) is 0 Å². The van der Waals surface area contributed by atoms with Crippen LogP contribution in [0, 0.1) is 16.0 Å². The fourth-order valence-corrected chi connectivity index (χ4v) is 2.89. The van der Waals surface area contributed by atoms with E-state index in [4.69, 9.17) is 5.11 Å². The number of carboxylic acid groups (broad SMARTS) is 1. The molecule has 0 amide bonds. The van der Waals surface area contributed by atoms with Crippen LogP contribution in [0.2, 0.25) is 0 Å². The molecule has 0 bridgehead atoms. The van der Waals surface area contributed by atoms with E-state index in [1.54, 1.807) is 0 Å². The van der Waals surface area contributed by atoms with Crippen LogP contribution in [0.1, 0.15) is 25.7 Å². The zero-order chi connectivity index (χ0) is 14.7. The maximum atomic E-state index is 11.0. The predicted octanol–water partition coefficient (Wildman–Crippen LogP) is 2.81. The van der Waals surface area contributed by atoms with E-state index < -0.39 is 10.9 Å². The molecule has 1 aliphatic carbocycles. The molecule has 2 unspecified atom stereocenters. The average molecular weight is 344 g/mol. The second kappa shape index (κ2) is 6.17. The van der Waals surface area contributed by atoms with Crippen LogP contribution < -0.4 is 5.32 Å². The Bertz CT molecular complexity index is 537. The zero-order valence-corrected chi connectivity index (χ0v) is 12.2. The second-order valence-electron chi connectivity index (χ2n) is 4.82. The standard InChI is InChI=1S/C12H14BrN3O4/c13-9-5-14-6-10(16(19)20)11(9)15-8-3-1-2-7(4-8)12(17)18/h5-8H,1-4H2,(H,14,15)(H,17,18). The lowest BCUT2D eigenvalue weighted by molar-refractivity contribution is -0.384. The van der Waals surface area contributed by atoms with E-state index in [9.17, 15) is 14.9 Å². The highest BCUT2D eigenvalue weighted by atomic mass is 79.9. The van der Waals surface area contributed by atoms with Crippen LogP contribution in [0.5, 0.6) is 0 Å². The zero-order valence-electron chi connectivity index (χ0n) is 10.6. The fourth-order valence-electron chi connectivity index (χ4n) is 2.46. The van der Waals surface area contributed by atoms with Gasteiger partial charge in [0.25, 0.3) is 0 Å². The molecule has 108 valence electrons. The minimum atomic E-state index is -0.806. The number of carbonyl (C=O) groups is 1. The molecular weight excluding hydrogens is 330 g/mol. The molecule has 0 saturated heterocycles. The van der Waals surface area contributed by atoms with Crippen LogP contribution in [-0.2, 0) is 4.79 Å². The van der Waals surface area contributed by atoms with Crippen LogP contribution in [0.4, 0.5) is 11.4 Å². The highest BCUT2D eigenvalue weighted by Gasteiger charge is 2.29. The summed E-state index contributed by atoms with van der Waals surface area (Å²) in [5.74, 6) is -1.19. The molecule has 1 aromatic heterocycles. The number of carboxylic acids is 1. The lowest BCUT2D eigenvalue weighted by Crippen LogP contribution is -2.31. The van der Waals surface area contributed by atoms with E-state index in [1.165, 1.54) is 12.4 Å². The first-order valence-electron chi connectivity index (χ1n) is 6.26. The molecule has 0 spiro atoms. The van der Waals surface area contributed by atoms with Gasteiger partial charge in [-0.3, -0.25) is 19.9 Å². The molecule has 1 heterocycles. The van der Waals surface area contributed by atoms with Crippen molar-refractivity contribution < 1.29 is 14.8 Å². The van der Waals surface area contributed by atoms with Crippen molar-refractivity contribution >= 4 is 33.3 Å². The number of halogens is 1. The van der Waals surface area contributed by atoms with Gasteiger partial charge in [-0.15, -0.1) is 0 Å². The minimum absolute atomic E-state index is 0.0813. The van der Waals surface area contributed by atoms with Crippen molar-refractivity contribution in [2.45, 2.75) is 31.7 Å². The van der Waals surface area contributed by atoms with Crippen molar-refractivity contribution in [3.63, 3.8) is 0 Å². The number of nitro groups is 1. The smallest absolute Gasteiger partial charge is 0.311 e. The van der Waals surface area contributed by atoms with Gasteiger partial charge in [-0.1, -0.05) is 6.42 Å². The van der Waals surface area contributed by atoms with Crippen molar-refractivity contribution in [3.05, 3.63) is 27.0 Å². The molecular formula is C12H14BrN3O4. The van der Waals surface area contributed by atoms with Crippen LogP contribution in [0.15, 0.2) is 16.9 Å². The first-order valence-corrected chi connectivity index (χ1v) is 7.05. The number of pyridine rings is 1. The normalized spacial score (nSPS) is 22.2. The van der Waals surface area contributed by atoms with Gasteiger partial charge in [0.15, 0.2) is 0 Å². The number of aromatic nitrogens is 1. The Kier molecular flexibility index (Phi) is 4.53. The van der Waals surface area contributed by atoms with Crippen molar-refractivity contribution in [1.82, 2.24) is 4.98 Å². The van der Waals surface area contributed by atoms with Gasteiger partial charge >= 0.3 is 11.7 Å². The van der Waals surface area contributed by atoms with E-state index in [0.29, 0.717) is 23.0 Å². The van der Waals surface area contributed by atoms with Gasteiger partial charge < -0.3 is 10.4 Å². The first kappa shape index (κ1) is 14.7. The van der Waals surface area contributed by atoms with Crippen molar-refractivity contribution in [2.75, 3.05) is 5.32 Å². The summed E-state index contributed by atoms with van der Waals surface area (Å²) < 4.78 is 0.504. The third-order valence-corrected chi connectivity index (χ3v) is 4.05. The van der Waals surface area contributed by atoms with Gasteiger partial charge in [0, 0.05) is 12.2 Å². The second-order valence-corrected chi connectivity index (χ2v) is 5.67. The molecule has 0 aromatic carbocycles. The number of nitrogens with zero attached hydrogens (tertiary/aromatic N) is 2. The summed E-state index contributed by atoms with van der Waals surface area (Å²) in [6.07, 6.45) is 5.40. The van der Waals surface area contributed by atoms with E-state index in [2.05, 4.69) is 26.2 Å². The highest BCUT2D eigenvalue weighted by Crippen LogP contribution is 2.34. The lowest BCUT2D eigenvalue weighted by atomic mass is 9.85. The lowest BCUT2D eigenvalue weighted by Gasteiger charge is -2.28. The number of rotatable bonds is 4. The van der Waals surface area contributed by atoms with Gasteiger partial charge in [-0.25, -0.2) is 0 Å². The predicted molar refractivity (Wildman–Crippen MR) is 75.6 cm³/mol. The quantitative estimate of drug-likeness (QED) is 0.643. The highest BCUT2D eigenvalue weighted by molar-refractivity contribution is 9.10. The Labute approximate surface area is 123 Å². The molecule has 2 atom stereocenters. The van der Waals surface area contributed by atoms with E-state index in [1.807, 2.05) is 0 Å². The topological polar surface area (TPSA) is 105 Å². The summed E-state index contributed by atoms with van der Waals surface area (Å²) in [6.45, 7) is 0. The molecule has 2 rings (SSSR count). The van der Waals surface area contributed by atoms with Gasteiger partial charge in [-0.2, -0.15) is 0 Å². The maximum absolute atomic E-state index is 11.0. The fraction of sp³-hybridized carbons (Fsp3) is 0.500. The summed E-state index contributed by atoms with van der Waals surface area (Å²) in [7, 11) is 0. The van der Waals surface area contributed by atoms with Crippen molar-refractivity contribution in [1.29, 1.82) is 0 Å². The third-order valence-electron chi connectivity index (χ3n) is 3.45. The molecule has 20 heavy (non-hydrogen) atoms. The summed E-state index contributed by atoms with van der Waals surface area (Å²) in [6, 6.07) is -0.0813. The van der Waals surface area contributed by atoms with E-state index >= 15 is 0 Å².